The van der Waals surface area contributed by atoms with Gasteiger partial charge < -0.3 is 14.8 Å². The molecule has 8 heteroatoms. The second-order valence-electron chi connectivity index (χ2n) is 6.15. The predicted octanol–water partition coefficient (Wildman–Crippen LogP) is 2.25. The van der Waals surface area contributed by atoms with Crippen LogP contribution >= 0.6 is 11.6 Å². The van der Waals surface area contributed by atoms with Gasteiger partial charge in [-0.3, -0.25) is 19.3 Å². The fourth-order valence-electron chi connectivity index (χ4n) is 3.32. The van der Waals surface area contributed by atoms with Gasteiger partial charge in [0.05, 0.1) is 36.8 Å². The standard InChI is InChI=1S/C18H19ClN2O5/c1-25-14-8-15(26-2)13(7-12(14)19)20-16(22)9-21-17(23)10-5-3-4-6-11(10)18(21)24/h3-4,7-8,10-11H,5-6,9H2,1-2H3,(H,20,22)/t10-,11-/m0/s1. The number of halogens is 1. The van der Waals surface area contributed by atoms with Gasteiger partial charge in [-0.15, -0.1) is 0 Å². The van der Waals surface area contributed by atoms with E-state index >= 15 is 0 Å². The molecule has 1 aromatic rings. The molecule has 0 spiro atoms. The SMILES string of the molecule is COc1cc(OC)c(NC(=O)CN2C(=O)[C@H]3CC=CC[C@@H]3C2=O)cc1Cl. The fraction of sp³-hybridized carbons (Fsp3) is 0.389. The molecule has 1 heterocycles. The van der Waals surface area contributed by atoms with Crippen LogP contribution in [0.4, 0.5) is 5.69 Å². The number of ether oxygens (including phenoxy) is 2. The molecular formula is C18H19ClN2O5. The van der Waals surface area contributed by atoms with Gasteiger partial charge in [-0.2, -0.15) is 0 Å². The molecule has 0 saturated carbocycles. The monoisotopic (exact) mass is 378 g/mol. The molecule has 1 N–H and O–H groups in total. The summed E-state index contributed by atoms with van der Waals surface area (Å²) in [5.41, 5.74) is 0.335. The lowest BCUT2D eigenvalue weighted by molar-refractivity contribution is -0.142. The largest absolute Gasteiger partial charge is 0.495 e. The molecule has 0 radical (unpaired) electrons. The number of likely N-dealkylation sites (tertiary alicyclic amines) is 1. The number of imide groups is 1. The minimum Gasteiger partial charge on any atom is -0.495 e. The predicted molar refractivity (Wildman–Crippen MR) is 95.3 cm³/mol. The smallest absolute Gasteiger partial charge is 0.244 e. The van der Waals surface area contributed by atoms with Crippen LogP contribution in [0.25, 0.3) is 0 Å². The summed E-state index contributed by atoms with van der Waals surface area (Å²) in [6.07, 6.45) is 4.88. The van der Waals surface area contributed by atoms with Gasteiger partial charge in [-0.05, 0) is 18.9 Å². The van der Waals surface area contributed by atoms with E-state index in [1.165, 1.54) is 20.3 Å². The molecule has 1 aromatic carbocycles. The average molecular weight is 379 g/mol. The Bertz CT molecular complexity index is 766. The number of carbonyl (C=O) groups excluding carboxylic acids is 3. The summed E-state index contributed by atoms with van der Waals surface area (Å²) in [7, 11) is 2.92. The number of methoxy groups -OCH3 is 2. The summed E-state index contributed by atoms with van der Waals surface area (Å²) in [6, 6.07) is 3.04. The van der Waals surface area contributed by atoms with Crippen LogP contribution in [-0.4, -0.2) is 43.4 Å². The number of amides is 3. The molecule has 7 nitrogen and oxygen atoms in total. The molecular weight excluding hydrogens is 360 g/mol. The van der Waals surface area contributed by atoms with Crippen LogP contribution in [0.2, 0.25) is 5.02 Å². The van der Waals surface area contributed by atoms with Crippen LogP contribution in [0, 0.1) is 11.8 Å². The van der Waals surface area contributed by atoms with E-state index in [9.17, 15) is 14.4 Å². The Hall–Kier alpha value is -2.54. The summed E-state index contributed by atoms with van der Waals surface area (Å²) in [5, 5.41) is 2.94. The first-order valence-corrected chi connectivity index (χ1v) is 8.55. The lowest BCUT2D eigenvalue weighted by Crippen LogP contribution is -2.38. The first kappa shape index (κ1) is 18.3. The van der Waals surface area contributed by atoms with Crippen LogP contribution < -0.4 is 14.8 Å². The third-order valence-electron chi connectivity index (χ3n) is 4.65. The van der Waals surface area contributed by atoms with Gasteiger partial charge in [-0.1, -0.05) is 23.8 Å². The van der Waals surface area contributed by atoms with Crippen molar-refractivity contribution in [3.05, 3.63) is 29.3 Å². The van der Waals surface area contributed by atoms with Gasteiger partial charge in [0.25, 0.3) is 0 Å². The van der Waals surface area contributed by atoms with Crippen molar-refractivity contribution in [2.75, 3.05) is 26.1 Å². The van der Waals surface area contributed by atoms with Crippen molar-refractivity contribution >= 4 is 35.0 Å². The number of allylic oxidation sites excluding steroid dienone is 2. The maximum atomic E-state index is 12.4. The molecule has 1 aliphatic heterocycles. The molecule has 0 aromatic heterocycles. The van der Waals surface area contributed by atoms with E-state index in [2.05, 4.69) is 5.32 Å². The Labute approximate surface area is 155 Å². The zero-order valence-electron chi connectivity index (χ0n) is 14.5. The lowest BCUT2D eigenvalue weighted by Gasteiger charge is -2.16. The van der Waals surface area contributed by atoms with Crippen molar-refractivity contribution in [2.45, 2.75) is 12.8 Å². The molecule has 0 unspecified atom stereocenters. The minimum atomic E-state index is -0.502. The quantitative estimate of drug-likeness (QED) is 0.627. The number of anilines is 1. The van der Waals surface area contributed by atoms with Crippen molar-refractivity contribution < 1.29 is 23.9 Å². The van der Waals surface area contributed by atoms with Crippen molar-refractivity contribution in [1.82, 2.24) is 4.90 Å². The first-order chi connectivity index (χ1) is 12.5. The highest BCUT2D eigenvalue weighted by Crippen LogP contribution is 2.37. The topological polar surface area (TPSA) is 84.9 Å². The number of rotatable bonds is 5. The zero-order chi connectivity index (χ0) is 18.8. The third-order valence-corrected chi connectivity index (χ3v) is 4.94. The summed E-state index contributed by atoms with van der Waals surface area (Å²) in [4.78, 5) is 38.3. The Kier molecular flexibility index (Phi) is 5.18. The second-order valence-corrected chi connectivity index (χ2v) is 6.56. The number of fused-ring (bicyclic) bond motifs is 1. The molecule has 1 aliphatic carbocycles. The number of hydrogen-bond acceptors (Lipinski definition) is 5. The maximum Gasteiger partial charge on any atom is 0.244 e. The Morgan fingerprint density at radius 3 is 2.23 bits per heavy atom. The molecule has 138 valence electrons. The molecule has 3 amide bonds. The fourth-order valence-corrected chi connectivity index (χ4v) is 3.56. The maximum absolute atomic E-state index is 12.4. The highest BCUT2D eigenvalue weighted by Gasteiger charge is 2.47. The van der Waals surface area contributed by atoms with Crippen molar-refractivity contribution in [3.63, 3.8) is 0 Å². The molecule has 3 rings (SSSR count). The second kappa shape index (κ2) is 7.37. The minimum absolute atomic E-state index is 0.292. The van der Waals surface area contributed by atoms with Crippen molar-refractivity contribution in [3.8, 4) is 11.5 Å². The van der Waals surface area contributed by atoms with E-state index in [-0.39, 0.29) is 30.2 Å². The van der Waals surface area contributed by atoms with E-state index in [0.29, 0.717) is 35.1 Å². The van der Waals surface area contributed by atoms with Crippen LogP contribution in [0.5, 0.6) is 11.5 Å². The van der Waals surface area contributed by atoms with Crippen LogP contribution in [0.15, 0.2) is 24.3 Å². The van der Waals surface area contributed by atoms with Gasteiger partial charge >= 0.3 is 0 Å². The zero-order valence-corrected chi connectivity index (χ0v) is 15.2. The van der Waals surface area contributed by atoms with Gasteiger partial charge in [-0.25, -0.2) is 0 Å². The van der Waals surface area contributed by atoms with Gasteiger partial charge in [0.2, 0.25) is 17.7 Å². The number of nitrogens with one attached hydrogen (secondary N) is 1. The van der Waals surface area contributed by atoms with E-state index < -0.39 is 5.91 Å². The highest BCUT2D eigenvalue weighted by atomic mass is 35.5. The lowest BCUT2D eigenvalue weighted by atomic mass is 9.85. The van der Waals surface area contributed by atoms with Gasteiger partial charge in [0, 0.05) is 6.07 Å². The van der Waals surface area contributed by atoms with Crippen molar-refractivity contribution in [1.29, 1.82) is 0 Å². The Balaban J connectivity index is 1.73. The molecule has 2 aliphatic rings. The van der Waals surface area contributed by atoms with Gasteiger partial charge in [0.1, 0.15) is 18.0 Å². The van der Waals surface area contributed by atoms with E-state index in [1.807, 2.05) is 12.2 Å². The normalized spacial score (nSPS) is 21.6. The van der Waals surface area contributed by atoms with Crippen LogP contribution in [0.3, 0.4) is 0 Å². The van der Waals surface area contributed by atoms with Gasteiger partial charge in [0.15, 0.2) is 0 Å². The molecule has 1 saturated heterocycles. The van der Waals surface area contributed by atoms with Crippen LogP contribution in [0.1, 0.15) is 12.8 Å². The first-order valence-electron chi connectivity index (χ1n) is 8.17. The Morgan fingerprint density at radius 1 is 1.12 bits per heavy atom. The summed E-state index contributed by atoms with van der Waals surface area (Å²) >= 11 is 6.08. The summed E-state index contributed by atoms with van der Waals surface area (Å²) in [6.45, 7) is -0.336. The number of hydrogen-bond donors (Lipinski definition) is 1. The van der Waals surface area contributed by atoms with E-state index in [0.717, 1.165) is 4.90 Å². The highest BCUT2D eigenvalue weighted by molar-refractivity contribution is 6.32. The Morgan fingerprint density at radius 2 is 1.69 bits per heavy atom. The molecule has 2 atom stereocenters. The summed E-state index contributed by atoms with van der Waals surface area (Å²) < 4.78 is 10.3. The molecule has 26 heavy (non-hydrogen) atoms. The van der Waals surface area contributed by atoms with E-state index in [4.69, 9.17) is 21.1 Å². The summed E-state index contributed by atoms with van der Waals surface area (Å²) in [5.74, 6) is -1.04. The molecule has 1 fully saturated rings. The molecule has 0 bridgehead atoms. The number of carbonyl (C=O) groups is 3. The number of benzene rings is 1. The van der Waals surface area contributed by atoms with Crippen molar-refractivity contribution in [2.24, 2.45) is 11.8 Å². The average Bonchev–Trinajstić information content (AvgIpc) is 2.87. The van der Waals surface area contributed by atoms with E-state index in [1.54, 1.807) is 6.07 Å². The third kappa shape index (κ3) is 3.26. The van der Waals surface area contributed by atoms with Crippen LogP contribution in [-0.2, 0) is 14.4 Å². The number of nitrogens with zero attached hydrogens (tertiary/aromatic N) is 1.